The minimum atomic E-state index is -2.16. The van der Waals surface area contributed by atoms with Crippen LogP contribution in [0.2, 0.25) is 0 Å². The van der Waals surface area contributed by atoms with Crippen LogP contribution in [-0.2, 0) is 16.3 Å². The Balaban J connectivity index is 1.65. The van der Waals surface area contributed by atoms with Crippen LogP contribution in [-0.4, -0.2) is 35.5 Å². The van der Waals surface area contributed by atoms with Crippen LogP contribution >= 0.6 is 6.57 Å². The van der Waals surface area contributed by atoms with E-state index >= 15 is 0 Å². The van der Waals surface area contributed by atoms with Gasteiger partial charge in [0, 0.05) is 12.1 Å². The standard InChI is InChI=1S/C20H27N2OPS/c1-15(17-12-8-10-16-9-4-5-11-18(16)17)23-24(25)21(2)19-13-6-7-14-20(19)22(24)3/h4-5,8-12,15,19-20H,6-7,13-14H2,1-3H3/t15-,19+,20+/m0/s1. The van der Waals surface area contributed by atoms with Crippen molar-refractivity contribution in [1.82, 2.24) is 9.34 Å². The van der Waals surface area contributed by atoms with Gasteiger partial charge in [-0.15, -0.1) is 0 Å². The predicted octanol–water partition coefficient (Wildman–Crippen LogP) is 5.33. The second-order valence-electron chi connectivity index (χ2n) is 7.37. The third kappa shape index (κ3) is 2.89. The van der Waals surface area contributed by atoms with Crippen LogP contribution < -0.4 is 0 Å². The molecule has 0 bridgehead atoms. The second kappa shape index (κ2) is 6.75. The zero-order chi connectivity index (χ0) is 17.6. The Labute approximate surface area is 156 Å². The number of likely N-dealkylation sites (N-methyl/N-ethyl adjacent to an activating group) is 2. The first-order chi connectivity index (χ1) is 12.0. The highest BCUT2D eigenvalue weighted by Gasteiger charge is 2.50. The van der Waals surface area contributed by atoms with Crippen molar-refractivity contribution in [3.05, 3.63) is 48.0 Å². The zero-order valence-corrected chi connectivity index (χ0v) is 17.0. The number of hydrogen-bond donors (Lipinski definition) is 0. The molecule has 2 fully saturated rings. The Hall–Kier alpha value is -0.770. The van der Waals surface area contributed by atoms with Crippen LogP contribution in [0, 0.1) is 0 Å². The summed E-state index contributed by atoms with van der Waals surface area (Å²) in [6, 6.07) is 16.1. The molecule has 3 nitrogen and oxygen atoms in total. The monoisotopic (exact) mass is 374 g/mol. The average Bonchev–Trinajstić information content (AvgIpc) is 2.83. The average molecular weight is 374 g/mol. The van der Waals surface area contributed by atoms with E-state index < -0.39 is 6.57 Å². The van der Waals surface area contributed by atoms with E-state index in [0.29, 0.717) is 12.1 Å². The summed E-state index contributed by atoms with van der Waals surface area (Å²) < 4.78 is 11.5. The van der Waals surface area contributed by atoms with Crippen molar-refractivity contribution < 1.29 is 4.52 Å². The molecule has 1 aliphatic carbocycles. The molecular formula is C20H27N2OPS. The molecule has 0 N–H and O–H groups in total. The number of rotatable bonds is 3. The van der Waals surface area contributed by atoms with Crippen LogP contribution in [0.4, 0.5) is 0 Å². The molecule has 1 saturated heterocycles. The van der Waals surface area contributed by atoms with Crippen molar-refractivity contribution in [3.8, 4) is 0 Å². The van der Waals surface area contributed by atoms with Crippen LogP contribution in [0.25, 0.3) is 10.8 Å². The van der Waals surface area contributed by atoms with E-state index in [2.05, 4.69) is 72.8 Å². The molecule has 0 unspecified atom stereocenters. The summed E-state index contributed by atoms with van der Waals surface area (Å²) in [5.74, 6) is 0. The lowest BCUT2D eigenvalue weighted by Crippen LogP contribution is -2.37. The molecular weight excluding hydrogens is 347 g/mol. The van der Waals surface area contributed by atoms with Crippen molar-refractivity contribution in [2.45, 2.75) is 50.8 Å². The highest BCUT2D eigenvalue weighted by atomic mass is 32.5. The molecule has 2 aliphatic rings. The number of fused-ring (bicyclic) bond motifs is 2. The van der Waals surface area contributed by atoms with E-state index in [4.69, 9.17) is 16.3 Å². The van der Waals surface area contributed by atoms with Gasteiger partial charge < -0.3 is 4.52 Å². The molecule has 2 aromatic carbocycles. The van der Waals surface area contributed by atoms with E-state index in [1.54, 1.807) is 0 Å². The SMILES string of the molecule is C[C@H](OP1(=S)N(C)[C@@H]2CCCC[C@H]2N1C)c1cccc2ccccc12. The largest absolute Gasteiger partial charge is 0.319 e. The van der Waals surface area contributed by atoms with Crippen LogP contribution in [0.1, 0.15) is 44.3 Å². The third-order valence-electron chi connectivity index (χ3n) is 6.01. The van der Waals surface area contributed by atoms with Gasteiger partial charge in [0.25, 0.3) is 0 Å². The second-order valence-corrected chi connectivity index (χ2v) is 11.3. The Morgan fingerprint density at radius 2 is 1.60 bits per heavy atom. The summed E-state index contributed by atoms with van der Waals surface area (Å²) in [6.45, 7) is -0.00478. The third-order valence-corrected chi connectivity index (χ3v) is 10.6. The van der Waals surface area contributed by atoms with Gasteiger partial charge in [-0.25, -0.2) is 9.34 Å². The van der Waals surface area contributed by atoms with Crippen molar-refractivity contribution in [2.24, 2.45) is 0 Å². The maximum absolute atomic E-state index is 6.69. The lowest BCUT2D eigenvalue weighted by molar-refractivity contribution is 0.223. The first-order valence-corrected chi connectivity index (χ1v) is 11.9. The number of hydrogen-bond acceptors (Lipinski definition) is 2. The smallest absolute Gasteiger partial charge is 0.204 e. The first kappa shape index (κ1) is 17.6. The highest BCUT2D eigenvalue weighted by molar-refractivity contribution is 8.10. The molecule has 0 spiro atoms. The fourth-order valence-corrected chi connectivity index (χ4v) is 8.25. The summed E-state index contributed by atoms with van der Waals surface area (Å²) in [7, 11) is 4.37. The normalized spacial score (nSPS) is 28.1. The van der Waals surface area contributed by atoms with Gasteiger partial charge >= 0.3 is 0 Å². The molecule has 1 saturated carbocycles. The molecule has 1 aliphatic heterocycles. The first-order valence-electron chi connectivity index (χ1n) is 9.25. The summed E-state index contributed by atoms with van der Waals surface area (Å²) in [5, 5.41) is 2.52. The van der Waals surface area contributed by atoms with Gasteiger partial charge in [0.05, 0.1) is 6.10 Å². The molecule has 25 heavy (non-hydrogen) atoms. The summed E-state index contributed by atoms with van der Waals surface area (Å²) >= 11 is 6.17. The molecule has 1 heterocycles. The fourth-order valence-electron chi connectivity index (χ4n) is 4.58. The fraction of sp³-hybridized carbons (Fsp3) is 0.500. The number of benzene rings is 2. The van der Waals surface area contributed by atoms with Gasteiger partial charge in [-0.1, -0.05) is 55.3 Å². The Kier molecular flexibility index (Phi) is 4.76. The number of nitrogens with zero attached hydrogens (tertiary/aromatic N) is 2. The molecule has 0 amide bonds. The van der Waals surface area contributed by atoms with E-state index in [1.165, 1.54) is 42.0 Å². The Morgan fingerprint density at radius 3 is 2.28 bits per heavy atom. The van der Waals surface area contributed by atoms with Crippen molar-refractivity contribution in [1.29, 1.82) is 0 Å². The van der Waals surface area contributed by atoms with E-state index in [9.17, 15) is 0 Å². The molecule has 5 heteroatoms. The summed E-state index contributed by atoms with van der Waals surface area (Å²) in [6.07, 6.45) is 5.11. The van der Waals surface area contributed by atoms with Crippen LogP contribution in [0.5, 0.6) is 0 Å². The predicted molar refractivity (Wildman–Crippen MR) is 109 cm³/mol. The van der Waals surface area contributed by atoms with E-state index in [-0.39, 0.29) is 6.10 Å². The molecule has 2 aromatic rings. The van der Waals surface area contributed by atoms with Gasteiger partial charge in [-0.05, 0) is 62.0 Å². The minimum absolute atomic E-state index is 0.0120. The maximum atomic E-state index is 6.69. The van der Waals surface area contributed by atoms with Gasteiger partial charge in [0.15, 0.2) is 0 Å². The van der Waals surface area contributed by atoms with Crippen molar-refractivity contribution in [3.63, 3.8) is 0 Å². The van der Waals surface area contributed by atoms with Crippen LogP contribution in [0.15, 0.2) is 42.5 Å². The Bertz CT molecular complexity index is 799. The van der Waals surface area contributed by atoms with Gasteiger partial charge in [-0.3, -0.25) is 0 Å². The van der Waals surface area contributed by atoms with Crippen LogP contribution in [0.3, 0.4) is 0 Å². The highest BCUT2D eigenvalue weighted by Crippen LogP contribution is 2.64. The topological polar surface area (TPSA) is 15.7 Å². The summed E-state index contributed by atoms with van der Waals surface area (Å²) in [4.78, 5) is 0. The zero-order valence-electron chi connectivity index (χ0n) is 15.3. The van der Waals surface area contributed by atoms with Gasteiger partial charge in [0.2, 0.25) is 6.57 Å². The summed E-state index contributed by atoms with van der Waals surface area (Å²) in [5.41, 5.74) is 1.24. The van der Waals surface area contributed by atoms with Crippen molar-refractivity contribution >= 4 is 29.1 Å². The maximum Gasteiger partial charge on any atom is 0.204 e. The van der Waals surface area contributed by atoms with E-state index in [0.717, 1.165) is 0 Å². The Morgan fingerprint density at radius 1 is 1.00 bits per heavy atom. The quantitative estimate of drug-likeness (QED) is 0.675. The lowest BCUT2D eigenvalue weighted by atomic mass is 9.91. The minimum Gasteiger partial charge on any atom is -0.319 e. The van der Waals surface area contributed by atoms with Crippen molar-refractivity contribution in [2.75, 3.05) is 14.1 Å². The molecule has 4 rings (SSSR count). The molecule has 134 valence electrons. The van der Waals surface area contributed by atoms with E-state index in [1.807, 2.05) is 0 Å². The molecule has 0 radical (unpaired) electrons. The lowest BCUT2D eigenvalue weighted by Gasteiger charge is -2.33. The van der Waals surface area contributed by atoms with Gasteiger partial charge in [-0.2, -0.15) is 0 Å². The molecule has 0 aromatic heterocycles. The van der Waals surface area contributed by atoms with Gasteiger partial charge in [0.1, 0.15) is 0 Å². The molecule has 3 atom stereocenters.